The lowest BCUT2D eigenvalue weighted by Crippen LogP contribution is -2.51. The predicted octanol–water partition coefficient (Wildman–Crippen LogP) is 1.61. The second-order valence-electron chi connectivity index (χ2n) is 8.48. The number of nitriles is 1. The van der Waals surface area contributed by atoms with Crippen molar-refractivity contribution in [3.8, 4) is 11.2 Å². The van der Waals surface area contributed by atoms with Crippen LogP contribution in [0.25, 0.3) is 16.0 Å². The summed E-state index contributed by atoms with van der Waals surface area (Å²) in [6, 6.07) is 4.69. The maximum Gasteiger partial charge on any atom is 0.317 e. The number of rotatable bonds is 6. The van der Waals surface area contributed by atoms with Gasteiger partial charge in [0.1, 0.15) is 5.54 Å². The molecule has 1 saturated heterocycles. The summed E-state index contributed by atoms with van der Waals surface area (Å²) < 4.78 is 56.5. The summed E-state index contributed by atoms with van der Waals surface area (Å²) >= 11 is 0.653. The maximum atomic E-state index is 13.3. The highest BCUT2D eigenvalue weighted by atomic mass is 32.2. The molecule has 190 valence electrons. The van der Waals surface area contributed by atoms with Crippen LogP contribution in [0, 0.1) is 11.3 Å². The summed E-state index contributed by atoms with van der Waals surface area (Å²) in [5, 5.41) is 23.7. The Hall–Kier alpha value is -3.42. The van der Waals surface area contributed by atoms with Gasteiger partial charge in [0.15, 0.2) is 5.01 Å². The normalized spacial score (nSPS) is 17.4. The van der Waals surface area contributed by atoms with Gasteiger partial charge in [-0.1, -0.05) is 11.3 Å². The molecule has 2 amide bonds. The molecular formula is C20H21F2N9O3S2. The molecule has 16 heteroatoms. The number of nitrogens with one attached hydrogen (secondary N) is 2. The molecule has 0 spiro atoms. The predicted molar refractivity (Wildman–Crippen MR) is 126 cm³/mol. The molecule has 2 aliphatic rings. The number of aromatic nitrogens is 4. The first kappa shape index (κ1) is 24.3. The maximum absolute atomic E-state index is 13.3. The van der Waals surface area contributed by atoms with Gasteiger partial charge < -0.3 is 15.1 Å². The number of sulfonamides is 1. The van der Waals surface area contributed by atoms with E-state index < -0.39 is 27.0 Å². The Morgan fingerprint density at radius 1 is 1.22 bits per heavy atom. The Kier molecular flexibility index (Phi) is 6.01. The van der Waals surface area contributed by atoms with Gasteiger partial charge in [-0.25, -0.2) is 26.7 Å². The molecule has 5 rings (SSSR count). The third-order valence-corrected chi connectivity index (χ3v) is 8.59. The van der Waals surface area contributed by atoms with Gasteiger partial charge in [0.25, 0.3) is 6.43 Å². The summed E-state index contributed by atoms with van der Waals surface area (Å²) in [6.07, 6.45) is -0.455. The average molecular weight is 538 g/mol. The fourth-order valence-electron chi connectivity index (χ4n) is 4.04. The quantitative estimate of drug-likeness (QED) is 0.482. The molecule has 1 aliphatic carbocycles. The minimum absolute atomic E-state index is 0.0638. The van der Waals surface area contributed by atoms with Gasteiger partial charge in [0, 0.05) is 44.3 Å². The number of benzene rings is 1. The molecule has 1 aliphatic heterocycles. The van der Waals surface area contributed by atoms with Gasteiger partial charge in [-0.15, -0.1) is 10.2 Å². The molecule has 0 unspecified atom stereocenters. The third-order valence-electron chi connectivity index (χ3n) is 6.16. The highest BCUT2D eigenvalue weighted by Crippen LogP contribution is 2.38. The van der Waals surface area contributed by atoms with Crippen molar-refractivity contribution in [2.75, 3.05) is 38.1 Å². The molecule has 3 heterocycles. The van der Waals surface area contributed by atoms with Crippen LogP contribution in [-0.4, -0.2) is 78.1 Å². The zero-order chi connectivity index (χ0) is 25.7. The van der Waals surface area contributed by atoms with Gasteiger partial charge in [0.2, 0.25) is 15.2 Å². The zero-order valence-electron chi connectivity index (χ0n) is 19.0. The highest BCUT2D eigenvalue weighted by Gasteiger charge is 2.47. The number of halogens is 2. The Balaban J connectivity index is 1.59. The smallest absolute Gasteiger partial charge is 0.317 e. The van der Waals surface area contributed by atoms with Crippen LogP contribution in [0.5, 0.6) is 0 Å². The van der Waals surface area contributed by atoms with Crippen molar-refractivity contribution in [1.29, 1.82) is 5.26 Å². The van der Waals surface area contributed by atoms with Crippen LogP contribution in [-0.2, 0) is 10.0 Å². The van der Waals surface area contributed by atoms with E-state index in [1.807, 2.05) is 11.0 Å². The number of carbonyl (C=O) groups is 1. The molecule has 2 fully saturated rings. The van der Waals surface area contributed by atoms with Crippen LogP contribution in [0.15, 0.2) is 23.2 Å². The molecule has 0 bridgehead atoms. The molecule has 0 atom stereocenters. The van der Waals surface area contributed by atoms with Crippen LogP contribution in [0.4, 0.5) is 19.3 Å². The molecule has 3 aromatic rings. The van der Waals surface area contributed by atoms with Crippen molar-refractivity contribution >= 4 is 44.0 Å². The summed E-state index contributed by atoms with van der Waals surface area (Å²) in [7, 11) is -2.55. The molecule has 1 aromatic carbocycles. The van der Waals surface area contributed by atoms with E-state index in [0.29, 0.717) is 66.9 Å². The fourth-order valence-corrected chi connectivity index (χ4v) is 6.13. The first-order valence-corrected chi connectivity index (χ1v) is 13.3. The van der Waals surface area contributed by atoms with Crippen molar-refractivity contribution in [2.24, 2.45) is 0 Å². The number of carbonyl (C=O) groups excluding carboxylic acids is 1. The monoisotopic (exact) mass is 537 g/mol. The summed E-state index contributed by atoms with van der Waals surface area (Å²) in [4.78, 5) is 15.5. The number of nitrogens with zero attached hydrogens (tertiary/aromatic N) is 7. The van der Waals surface area contributed by atoms with E-state index in [9.17, 15) is 27.3 Å². The van der Waals surface area contributed by atoms with Crippen LogP contribution in [0.1, 0.15) is 24.3 Å². The molecule has 2 aromatic heterocycles. The summed E-state index contributed by atoms with van der Waals surface area (Å²) in [6.45, 7) is 1.69. The van der Waals surface area contributed by atoms with Crippen LogP contribution in [0.2, 0.25) is 0 Å². The van der Waals surface area contributed by atoms with Crippen molar-refractivity contribution in [3.05, 3.63) is 23.3 Å². The van der Waals surface area contributed by atoms with E-state index in [1.165, 1.54) is 23.0 Å². The second-order valence-corrected chi connectivity index (χ2v) is 11.2. The molecular weight excluding hydrogens is 516 g/mol. The lowest BCUT2D eigenvalue weighted by molar-refractivity contribution is 0.150. The average Bonchev–Trinajstić information content (AvgIpc) is 3.26. The first-order chi connectivity index (χ1) is 17.2. The van der Waals surface area contributed by atoms with Crippen molar-refractivity contribution in [2.45, 2.75) is 29.7 Å². The number of piperazine rings is 1. The number of hydrogen-bond donors (Lipinski definition) is 2. The largest absolute Gasteiger partial charge is 0.367 e. The highest BCUT2D eigenvalue weighted by molar-refractivity contribution is 7.89. The summed E-state index contributed by atoms with van der Waals surface area (Å²) in [5.41, 5.74) is -0.241. The van der Waals surface area contributed by atoms with E-state index in [2.05, 4.69) is 25.3 Å². The number of anilines is 1. The minimum Gasteiger partial charge on any atom is -0.367 e. The fraction of sp³-hybridized carbons (Fsp3) is 0.450. The molecule has 1 saturated carbocycles. The number of amides is 2. The Morgan fingerprint density at radius 2 is 1.94 bits per heavy atom. The molecule has 2 N–H and O–H groups in total. The minimum atomic E-state index is -4.10. The first-order valence-electron chi connectivity index (χ1n) is 11.0. The summed E-state index contributed by atoms with van der Waals surface area (Å²) in [5.74, 6) is 0. The Labute approximate surface area is 208 Å². The van der Waals surface area contributed by atoms with E-state index in [4.69, 9.17) is 0 Å². The third kappa shape index (κ3) is 4.33. The Bertz CT molecular complexity index is 1470. The number of alkyl halides is 2. The Morgan fingerprint density at radius 3 is 2.53 bits per heavy atom. The van der Waals surface area contributed by atoms with Crippen LogP contribution in [0.3, 0.4) is 0 Å². The molecule has 36 heavy (non-hydrogen) atoms. The SMILES string of the molecule is CNC(=O)N1CCN(c2cc(S(=O)(=O)NC3(C#N)CC3)cc3c2cnn3-c2nnc(C(F)F)s2)CC1. The lowest BCUT2D eigenvalue weighted by atomic mass is 10.1. The van der Waals surface area contributed by atoms with Gasteiger partial charge in [-0.05, 0) is 25.0 Å². The number of fused-ring (bicyclic) bond motifs is 1. The molecule has 0 radical (unpaired) electrons. The van der Waals surface area contributed by atoms with Crippen molar-refractivity contribution in [3.63, 3.8) is 0 Å². The van der Waals surface area contributed by atoms with Gasteiger partial charge in [0.05, 0.1) is 22.7 Å². The topological polar surface area (TPSA) is 149 Å². The van der Waals surface area contributed by atoms with Crippen LogP contribution >= 0.6 is 11.3 Å². The second kappa shape index (κ2) is 8.91. The van der Waals surface area contributed by atoms with E-state index in [-0.39, 0.29) is 16.1 Å². The molecule has 12 nitrogen and oxygen atoms in total. The number of urea groups is 1. The van der Waals surface area contributed by atoms with E-state index >= 15 is 0 Å². The van der Waals surface area contributed by atoms with Gasteiger partial charge in [-0.3, -0.25) is 0 Å². The standard InChI is InChI=1S/C20H21F2N9O3S2/c1-24-18(32)30-6-4-29(5-7-30)14-8-12(36(33,34)28-20(11-23)2-3-20)9-15-13(14)10-25-31(15)19-27-26-17(35-19)16(21)22/h8-10,16,28H,2-7H2,1H3,(H,24,32). The number of hydrogen-bond acceptors (Lipinski definition) is 9. The van der Waals surface area contributed by atoms with Crippen molar-refractivity contribution in [1.82, 2.24) is 34.9 Å². The lowest BCUT2D eigenvalue weighted by Gasteiger charge is -2.36. The van der Waals surface area contributed by atoms with Crippen molar-refractivity contribution < 1.29 is 22.0 Å². The van der Waals surface area contributed by atoms with E-state index in [1.54, 1.807) is 11.9 Å². The van der Waals surface area contributed by atoms with Gasteiger partial charge >= 0.3 is 6.03 Å². The van der Waals surface area contributed by atoms with E-state index in [0.717, 1.165) is 0 Å². The zero-order valence-corrected chi connectivity index (χ0v) is 20.6. The van der Waals surface area contributed by atoms with Crippen LogP contribution < -0.4 is 14.9 Å². The van der Waals surface area contributed by atoms with Gasteiger partial charge in [-0.2, -0.15) is 15.1 Å².